The monoisotopic (exact) mass is 393 g/mol. The van der Waals surface area contributed by atoms with Crippen molar-refractivity contribution in [1.82, 2.24) is 14.9 Å². The highest BCUT2D eigenvalue weighted by Crippen LogP contribution is 2.15. The van der Waals surface area contributed by atoms with Crippen LogP contribution in [0.1, 0.15) is 33.3 Å². The Hall–Kier alpha value is -3.06. The molecule has 2 aromatic heterocycles. The maximum atomic E-state index is 12.2. The summed E-state index contributed by atoms with van der Waals surface area (Å²) in [6.45, 7) is 11.6. The van der Waals surface area contributed by atoms with Crippen molar-refractivity contribution in [3.05, 3.63) is 50.9 Å². The third-order valence-corrected chi connectivity index (χ3v) is 4.77. The van der Waals surface area contributed by atoms with Gasteiger partial charge in [0.15, 0.2) is 11.7 Å². The Morgan fingerprint density at radius 1 is 1.24 bits per heavy atom. The Bertz CT molecular complexity index is 1090. The van der Waals surface area contributed by atoms with Crippen molar-refractivity contribution in [3.8, 4) is 5.75 Å². The van der Waals surface area contributed by atoms with Gasteiger partial charge in [-0.15, -0.1) is 0 Å². The Kier molecular flexibility index (Phi) is 6.72. The number of rotatable bonds is 7. The van der Waals surface area contributed by atoms with Crippen molar-refractivity contribution in [2.45, 2.75) is 27.7 Å². The molecule has 0 aromatic carbocycles. The second-order valence-electron chi connectivity index (χ2n) is 6.98. The van der Waals surface area contributed by atoms with Crippen LogP contribution in [0.2, 0.25) is 0 Å². The molecule has 0 amide bonds. The summed E-state index contributed by atoms with van der Waals surface area (Å²) in [5.41, 5.74) is 1.72. The maximum Gasteiger partial charge on any atom is 0.255 e. The maximum absolute atomic E-state index is 12.2. The Morgan fingerprint density at radius 2 is 2.03 bits per heavy atom. The number of hydrogen-bond donors (Lipinski definition) is 1. The first-order valence-electron chi connectivity index (χ1n) is 9.86. The number of H-pyrrole nitrogens is 1. The van der Waals surface area contributed by atoms with E-state index in [2.05, 4.69) is 38.7 Å². The number of aromatic nitrogens is 2. The molecule has 1 aliphatic heterocycles. The van der Waals surface area contributed by atoms with Gasteiger partial charge in [0, 0.05) is 29.6 Å². The molecule has 3 rings (SSSR count). The van der Waals surface area contributed by atoms with Gasteiger partial charge in [0.05, 0.1) is 11.5 Å². The lowest BCUT2D eigenvalue weighted by atomic mass is 10.1. The number of amidine groups is 1. The third kappa shape index (κ3) is 5.26. The van der Waals surface area contributed by atoms with Crippen LogP contribution in [0.25, 0.3) is 11.6 Å². The lowest BCUT2D eigenvalue weighted by Gasteiger charge is -2.17. The average molecular weight is 393 g/mol. The van der Waals surface area contributed by atoms with E-state index >= 15 is 0 Å². The average Bonchev–Trinajstić information content (AvgIpc) is 2.71. The van der Waals surface area contributed by atoms with E-state index in [1.165, 1.54) is 0 Å². The minimum Gasteiger partial charge on any atom is -0.491 e. The largest absolute Gasteiger partial charge is 0.491 e. The molecule has 1 aliphatic rings. The molecule has 0 saturated carbocycles. The number of pyridine rings is 2. The molecule has 3 heterocycles. The molecule has 29 heavy (non-hydrogen) atoms. The van der Waals surface area contributed by atoms with Crippen LogP contribution in [0.4, 0.5) is 5.82 Å². The molecule has 0 fully saturated rings. The first-order chi connectivity index (χ1) is 14.0. The van der Waals surface area contributed by atoms with Crippen LogP contribution in [0, 0.1) is 0 Å². The smallest absolute Gasteiger partial charge is 0.255 e. The number of aromatic amines is 1. The molecule has 152 valence electrons. The summed E-state index contributed by atoms with van der Waals surface area (Å²) >= 11 is 0. The Morgan fingerprint density at radius 3 is 2.69 bits per heavy atom. The number of nitrogens with one attached hydrogen (secondary N) is 1. The fraction of sp³-hybridized carbons (Fsp3) is 0.364. The van der Waals surface area contributed by atoms with Gasteiger partial charge in [-0.3, -0.25) is 4.79 Å². The number of aliphatic imine (C=N–C) groups is 2. The topological polar surface area (TPSA) is 82.9 Å². The van der Waals surface area contributed by atoms with E-state index in [1.54, 1.807) is 24.6 Å². The van der Waals surface area contributed by atoms with Gasteiger partial charge in [-0.05, 0) is 45.1 Å². The zero-order chi connectivity index (χ0) is 20.8. The summed E-state index contributed by atoms with van der Waals surface area (Å²) in [4.78, 5) is 30.5. The number of ether oxygens (including phenoxy) is 1. The second kappa shape index (κ2) is 9.43. The van der Waals surface area contributed by atoms with Gasteiger partial charge in [0.25, 0.3) is 5.56 Å². The van der Waals surface area contributed by atoms with E-state index in [0.717, 1.165) is 30.8 Å². The van der Waals surface area contributed by atoms with Crippen molar-refractivity contribution in [2.24, 2.45) is 9.98 Å². The molecule has 0 radical (unpaired) electrons. The number of likely N-dealkylation sites (N-methyl/N-ethyl adjacent to an activating group) is 1. The molecule has 7 nitrogen and oxygen atoms in total. The number of fused-ring (bicyclic) bond motifs is 1. The molecule has 0 bridgehead atoms. The van der Waals surface area contributed by atoms with Crippen molar-refractivity contribution >= 4 is 29.5 Å². The standard InChI is InChI=1S/C22H27N5O2/c1-5-27(6-2)9-10-29-17-7-8-20(24-14-17)26-21-12-19-16(13-23-21)11-18(15(3)4)22(28)25-19/h7-8,11-14H,5-6,9-10H2,1-4H3,(H,25,28). The predicted octanol–water partition coefficient (Wildman–Crippen LogP) is 1.62. The third-order valence-electron chi connectivity index (χ3n) is 4.77. The summed E-state index contributed by atoms with van der Waals surface area (Å²) in [7, 11) is 0. The lowest BCUT2D eigenvalue weighted by Crippen LogP contribution is -2.37. The number of nitrogens with zero attached hydrogens (tertiary/aromatic N) is 4. The van der Waals surface area contributed by atoms with Crippen molar-refractivity contribution in [2.75, 3.05) is 26.2 Å². The highest BCUT2D eigenvalue weighted by molar-refractivity contribution is 6.16. The molecular weight excluding hydrogens is 366 g/mol. The van der Waals surface area contributed by atoms with Gasteiger partial charge < -0.3 is 14.6 Å². The van der Waals surface area contributed by atoms with Crippen LogP contribution in [-0.4, -0.2) is 53.2 Å². The quantitative estimate of drug-likeness (QED) is 0.775. The summed E-state index contributed by atoms with van der Waals surface area (Å²) in [5.74, 6) is 1.73. The molecule has 0 saturated heterocycles. The van der Waals surface area contributed by atoms with E-state index < -0.39 is 0 Å². The van der Waals surface area contributed by atoms with Crippen LogP contribution in [0.3, 0.4) is 0 Å². The minimum atomic E-state index is -0.112. The first kappa shape index (κ1) is 20.7. The summed E-state index contributed by atoms with van der Waals surface area (Å²) in [6, 6.07) is 5.49. The molecule has 0 spiro atoms. The van der Waals surface area contributed by atoms with E-state index in [4.69, 9.17) is 4.74 Å². The first-order valence-corrected chi connectivity index (χ1v) is 9.86. The highest BCUT2D eigenvalue weighted by atomic mass is 16.5. The van der Waals surface area contributed by atoms with Gasteiger partial charge in [0.2, 0.25) is 0 Å². The van der Waals surface area contributed by atoms with Crippen molar-refractivity contribution in [1.29, 1.82) is 0 Å². The second-order valence-corrected chi connectivity index (χ2v) is 6.98. The van der Waals surface area contributed by atoms with Gasteiger partial charge in [0.1, 0.15) is 12.4 Å². The molecule has 2 aromatic rings. The molecular formula is C22H27N5O2. The van der Waals surface area contributed by atoms with Gasteiger partial charge in [-0.25, -0.2) is 15.0 Å². The molecule has 1 N–H and O–H groups in total. The van der Waals surface area contributed by atoms with Crippen molar-refractivity contribution in [3.63, 3.8) is 0 Å². The minimum absolute atomic E-state index is 0.112. The normalized spacial score (nSPS) is 14.0. The number of hydrogen-bond acceptors (Lipinski definition) is 5. The van der Waals surface area contributed by atoms with Crippen LogP contribution in [-0.2, 0) is 0 Å². The fourth-order valence-electron chi connectivity index (χ4n) is 3.00. The van der Waals surface area contributed by atoms with Crippen molar-refractivity contribution < 1.29 is 4.74 Å². The van der Waals surface area contributed by atoms with E-state index in [0.29, 0.717) is 34.6 Å². The Balaban J connectivity index is 1.73. The van der Waals surface area contributed by atoms with Crippen LogP contribution < -0.4 is 20.9 Å². The molecule has 0 aliphatic carbocycles. The predicted molar refractivity (Wildman–Crippen MR) is 118 cm³/mol. The molecule has 0 atom stereocenters. The SMILES string of the molecule is CCN(CC)CCOc1ccc(N=C2C=c3[nH]c(=O)c(=C(C)C)cc3C=N2)nc1. The van der Waals surface area contributed by atoms with Gasteiger partial charge in [-0.1, -0.05) is 19.4 Å². The van der Waals surface area contributed by atoms with Crippen LogP contribution in [0.15, 0.2) is 39.2 Å². The molecule has 0 unspecified atom stereocenters. The van der Waals surface area contributed by atoms with E-state index in [-0.39, 0.29) is 5.56 Å². The Labute approximate surface area is 170 Å². The molecule has 7 heteroatoms. The van der Waals surface area contributed by atoms with E-state index in [9.17, 15) is 4.79 Å². The van der Waals surface area contributed by atoms with E-state index in [1.807, 2.05) is 26.0 Å². The summed E-state index contributed by atoms with van der Waals surface area (Å²) in [6.07, 6.45) is 5.12. The fourth-order valence-corrected chi connectivity index (χ4v) is 3.00. The van der Waals surface area contributed by atoms with Gasteiger partial charge in [-0.2, -0.15) is 0 Å². The van der Waals surface area contributed by atoms with Crippen LogP contribution >= 0.6 is 0 Å². The van der Waals surface area contributed by atoms with Gasteiger partial charge >= 0.3 is 0 Å². The summed E-state index contributed by atoms with van der Waals surface area (Å²) < 4.78 is 5.74. The zero-order valence-electron chi connectivity index (χ0n) is 17.4. The van der Waals surface area contributed by atoms with Crippen LogP contribution in [0.5, 0.6) is 5.75 Å². The highest BCUT2D eigenvalue weighted by Gasteiger charge is 2.06. The summed E-state index contributed by atoms with van der Waals surface area (Å²) in [5, 5.41) is 1.37. The lowest BCUT2D eigenvalue weighted by molar-refractivity contribution is 0.222. The zero-order valence-corrected chi connectivity index (χ0v) is 17.4.